The van der Waals surface area contributed by atoms with Gasteiger partial charge in [-0.15, -0.1) is 23.5 Å². The van der Waals surface area contributed by atoms with Gasteiger partial charge in [-0.05, 0) is 26.0 Å². The molecule has 11 nitrogen and oxygen atoms in total. The van der Waals surface area contributed by atoms with Gasteiger partial charge in [0.1, 0.15) is 5.70 Å². The normalized spacial score (nSPS) is 30.5. The molecule has 6 N–H and O–H groups in total. The molecule has 0 aromatic heterocycles. The number of hydrogen-bond acceptors (Lipinski definition) is 9. The van der Waals surface area contributed by atoms with Crippen molar-refractivity contribution in [3.63, 3.8) is 0 Å². The number of primary amides is 1. The van der Waals surface area contributed by atoms with Crippen molar-refractivity contribution in [2.45, 2.75) is 68.8 Å². The quantitative estimate of drug-likeness (QED) is 0.242. The lowest BCUT2D eigenvalue weighted by Gasteiger charge is -2.46. The number of imide groups is 1. The molecular weight excluding hydrogens is 496 g/mol. The lowest BCUT2D eigenvalue weighted by Crippen LogP contribution is -2.63. The number of fused-ring (bicyclic) bond motifs is 1. The Hall–Kier alpha value is -1.80. The molecule has 8 atom stereocenters. The van der Waals surface area contributed by atoms with Crippen molar-refractivity contribution in [3.05, 3.63) is 10.6 Å². The highest BCUT2D eigenvalue weighted by Crippen LogP contribution is 2.52. The van der Waals surface area contributed by atoms with Crippen LogP contribution < -0.4 is 11.1 Å². The number of aliphatic hydroxyl groups is 2. The van der Waals surface area contributed by atoms with Crippen LogP contribution in [0.1, 0.15) is 34.1 Å². The number of nitrogens with one attached hydrogen (secondary N) is 1. The molecule has 0 aromatic carbocycles. The molecule has 0 spiro atoms. The highest BCUT2D eigenvalue weighted by Gasteiger charge is 2.60. The van der Waals surface area contributed by atoms with Gasteiger partial charge >= 0.3 is 12.0 Å². The van der Waals surface area contributed by atoms with Crippen LogP contribution in [0.2, 0.25) is 0 Å². The first-order valence-electron chi connectivity index (χ1n) is 11.7. The second kappa shape index (κ2) is 11.1. The first-order chi connectivity index (χ1) is 16.5. The fourth-order valence-corrected chi connectivity index (χ4v) is 7.76. The number of carboxylic acids is 1. The van der Waals surface area contributed by atoms with Gasteiger partial charge in [0.15, 0.2) is 0 Å². The molecule has 13 heteroatoms. The van der Waals surface area contributed by atoms with E-state index in [0.29, 0.717) is 23.6 Å². The van der Waals surface area contributed by atoms with Crippen LogP contribution >= 0.6 is 23.5 Å². The molecule has 3 rings (SSSR count). The number of aliphatic hydroxyl groups excluding tert-OH is 2. The monoisotopic (exact) mass is 530 g/mol. The second-order valence-corrected chi connectivity index (χ2v) is 12.0. The molecule has 0 radical (unpaired) electrons. The van der Waals surface area contributed by atoms with E-state index in [4.69, 9.17) is 5.73 Å². The van der Waals surface area contributed by atoms with Crippen molar-refractivity contribution < 1.29 is 34.5 Å². The van der Waals surface area contributed by atoms with Gasteiger partial charge in [-0.25, -0.2) is 9.59 Å². The minimum atomic E-state index is -1.17. The number of nitrogens with zero attached hydrogens (tertiary/aromatic N) is 2. The Labute approximate surface area is 212 Å². The molecule has 3 heterocycles. The molecule has 2 saturated heterocycles. The van der Waals surface area contributed by atoms with Gasteiger partial charge in [0.25, 0.3) is 0 Å². The van der Waals surface area contributed by atoms with E-state index >= 15 is 0 Å². The van der Waals surface area contributed by atoms with Crippen molar-refractivity contribution in [2.24, 2.45) is 17.6 Å². The number of carboxylic acid groups (broad SMARTS) is 1. The van der Waals surface area contributed by atoms with E-state index in [1.165, 1.54) is 28.4 Å². The molecule has 196 valence electrons. The van der Waals surface area contributed by atoms with Crippen molar-refractivity contribution in [2.75, 3.05) is 18.9 Å². The fraction of sp³-hybridized carbons (Fsp3) is 0.727. The third kappa shape index (κ3) is 5.06. The molecule has 3 aliphatic rings. The minimum absolute atomic E-state index is 0.0231. The van der Waals surface area contributed by atoms with Gasteiger partial charge in [-0.3, -0.25) is 14.5 Å². The highest BCUT2D eigenvalue weighted by molar-refractivity contribution is 8.03. The second-order valence-electron chi connectivity index (χ2n) is 9.22. The summed E-state index contributed by atoms with van der Waals surface area (Å²) in [6.07, 6.45) is -0.328. The molecule has 0 saturated carbocycles. The van der Waals surface area contributed by atoms with Crippen LogP contribution in [0.15, 0.2) is 10.6 Å². The Bertz CT molecular complexity index is 914. The number of carbonyl (C=O) groups excluding carboxylic acids is 3. The van der Waals surface area contributed by atoms with Gasteiger partial charge < -0.3 is 31.3 Å². The lowest BCUT2D eigenvalue weighted by molar-refractivity contribution is -0.163. The van der Waals surface area contributed by atoms with Crippen molar-refractivity contribution in [1.82, 2.24) is 15.1 Å². The number of urea groups is 1. The maximum atomic E-state index is 13.2. The zero-order chi connectivity index (χ0) is 26.2. The molecular formula is C22H34N4O7S2. The first kappa shape index (κ1) is 27.8. The molecule has 35 heavy (non-hydrogen) atoms. The van der Waals surface area contributed by atoms with Gasteiger partial charge in [0.05, 0.1) is 36.0 Å². The minimum Gasteiger partial charge on any atom is -0.477 e. The average Bonchev–Trinajstić information content (AvgIpc) is 3.33. The summed E-state index contributed by atoms with van der Waals surface area (Å²) in [6.45, 7) is 6.97. The van der Waals surface area contributed by atoms with Crippen LogP contribution in [-0.4, -0.2) is 103 Å². The molecule has 0 bridgehead atoms. The van der Waals surface area contributed by atoms with E-state index in [9.17, 15) is 34.5 Å². The third-order valence-electron chi connectivity index (χ3n) is 6.86. The van der Waals surface area contributed by atoms with Crippen molar-refractivity contribution >= 4 is 47.3 Å². The fourth-order valence-electron chi connectivity index (χ4n) is 5.21. The van der Waals surface area contributed by atoms with Crippen LogP contribution in [0.4, 0.5) is 4.79 Å². The summed E-state index contributed by atoms with van der Waals surface area (Å²) in [5.41, 5.74) is 5.40. The zero-order valence-corrected chi connectivity index (χ0v) is 21.8. The Morgan fingerprint density at radius 1 is 1.31 bits per heavy atom. The summed E-state index contributed by atoms with van der Waals surface area (Å²) in [5, 5.41) is 32.0. The standard InChI is InChI=1S/C22H34N4O7S2/c1-5-34-18(20(30)25(22(23)33)9(2)8-27)13-6-12(7-24-13)35-17-10(3)15-14(11(4)28)19(29)26(15)16(17)21(31)32/h9-15,18,24,27-28H,5-8H2,1-4H3,(H2,23,33)(H,31,32)/t9?,10-,11-,12+,13+,14-,15-,18?/m1/s1. The van der Waals surface area contributed by atoms with Crippen LogP contribution in [0.25, 0.3) is 0 Å². The smallest absolute Gasteiger partial charge is 0.353 e. The van der Waals surface area contributed by atoms with Crippen LogP contribution in [-0.2, 0) is 14.4 Å². The predicted molar refractivity (Wildman–Crippen MR) is 132 cm³/mol. The average molecular weight is 531 g/mol. The zero-order valence-electron chi connectivity index (χ0n) is 20.2. The number of thioether (sulfide) groups is 2. The SMILES string of the molecule is CCSC(C(=O)N(C(N)=O)C(C)CO)[C@@H]1C[C@H](SC2=C(C(=O)O)N3C(=O)[C@H]([C@@H](C)O)[C@H]3[C@H]2C)CN1. The number of aliphatic carboxylic acids is 1. The number of carbonyl (C=O) groups is 4. The summed E-state index contributed by atoms with van der Waals surface area (Å²) < 4.78 is 0. The summed E-state index contributed by atoms with van der Waals surface area (Å²) in [5.74, 6) is -2.25. The molecule has 2 unspecified atom stereocenters. The van der Waals surface area contributed by atoms with Crippen LogP contribution in [0.3, 0.4) is 0 Å². The molecule has 3 aliphatic heterocycles. The predicted octanol–water partition coefficient (Wildman–Crippen LogP) is 0.0136. The van der Waals surface area contributed by atoms with E-state index in [0.717, 1.165) is 4.90 Å². The van der Waals surface area contributed by atoms with E-state index in [1.807, 2.05) is 13.8 Å². The molecule has 4 amide bonds. The maximum Gasteiger partial charge on any atom is 0.353 e. The van der Waals surface area contributed by atoms with Gasteiger partial charge in [-0.2, -0.15) is 0 Å². The first-order valence-corrected chi connectivity index (χ1v) is 13.6. The van der Waals surface area contributed by atoms with Crippen LogP contribution in [0, 0.1) is 11.8 Å². The van der Waals surface area contributed by atoms with E-state index in [2.05, 4.69) is 5.32 Å². The number of amides is 4. The Kier molecular flexibility index (Phi) is 8.79. The topological polar surface area (TPSA) is 173 Å². The van der Waals surface area contributed by atoms with E-state index < -0.39 is 47.8 Å². The number of hydrogen-bond donors (Lipinski definition) is 5. The van der Waals surface area contributed by atoms with Crippen LogP contribution in [0.5, 0.6) is 0 Å². The lowest BCUT2D eigenvalue weighted by atomic mass is 9.79. The van der Waals surface area contributed by atoms with Crippen molar-refractivity contribution in [3.8, 4) is 0 Å². The largest absolute Gasteiger partial charge is 0.477 e. The highest BCUT2D eigenvalue weighted by atomic mass is 32.2. The van der Waals surface area contributed by atoms with E-state index in [-0.39, 0.29) is 34.9 Å². The maximum absolute atomic E-state index is 13.2. The van der Waals surface area contributed by atoms with Gasteiger partial charge in [0, 0.05) is 28.7 Å². The molecule has 0 aliphatic carbocycles. The summed E-state index contributed by atoms with van der Waals surface area (Å²) >= 11 is 2.78. The Balaban J connectivity index is 1.77. The van der Waals surface area contributed by atoms with E-state index in [1.54, 1.807) is 13.8 Å². The summed E-state index contributed by atoms with van der Waals surface area (Å²) in [4.78, 5) is 52.6. The molecule has 0 aromatic rings. The van der Waals surface area contributed by atoms with Gasteiger partial charge in [0.2, 0.25) is 11.8 Å². The summed E-state index contributed by atoms with van der Waals surface area (Å²) in [6, 6.07) is -2.33. The van der Waals surface area contributed by atoms with Crippen molar-refractivity contribution in [1.29, 1.82) is 0 Å². The molecule has 2 fully saturated rings. The summed E-state index contributed by atoms with van der Waals surface area (Å²) in [7, 11) is 0. The number of β-lactam (4-membered cyclic amide) rings is 1. The Morgan fingerprint density at radius 3 is 2.49 bits per heavy atom. The third-order valence-corrected chi connectivity index (χ3v) is 9.60. The van der Waals surface area contributed by atoms with Gasteiger partial charge in [-0.1, -0.05) is 13.8 Å². The number of nitrogens with two attached hydrogens (primary N) is 1. The Morgan fingerprint density at radius 2 is 1.97 bits per heavy atom. The number of rotatable bonds is 10.